The Labute approximate surface area is 217 Å². The molecular weight excluding hydrogens is 471 g/mol. The molecular formula is C30H35FN2O4. The van der Waals surface area contributed by atoms with Gasteiger partial charge in [0.25, 0.3) is 0 Å². The van der Waals surface area contributed by atoms with Crippen molar-refractivity contribution in [3.63, 3.8) is 0 Å². The van der Waals surface area contributed by atoms with E-state index in [0.717, 1.165) is 53.4 Å². The van der Waals surface area contributed by atoms with Gasteiger partial charge in [-0.3, -0.25) is 14.7 Å². The highest BCUT2D eigenvalue weighted by molar-refractivity contribution is 5.83. The number of hydrogen-bond donors (Lipinski definition) is 2. The van der Waals surface area contributed by atoms with Crippen molar-refractivity contribution in [2.24, 2.45) is 11.8 Å². The molecule has 7 heteroatoms. The SMILES string of the molecule is COc1ccc2nccc([C@@H](O)CC[C@@H]3CCN(C4CC(c5cc(F)ccc5C)C4)C[C@@H]3C(=O)O)c2c1. The van der Waals surface area contributed by atoms with Gasteiger partial charge in [-0.05, 0) is 110 Å². The molecule has 0 unspecified atom stereocenters. The van der Waals surface area contributed by atoms with E-state index in [4.69, 9.17) is 4.74 Å². The van der Waals surface area contributed by atoms with Gasteiger partial charge in [0.2, 0.25) is 0 Å². The topological polar surface area (TPSA) is 82.9 Å². The van der Waals surface area contributed by atoms with Gasteiger partial charge in [0.1, 0.15) is 11.6 Å². The number of aliphatic hydroxyl groups excluding tert-OH is 1. The Morgan fingerprint density at radius 3 is 2.78 bits per heavy atom. The molecule has 0 bridgehead atoms. The highest BCUT2D eigenvalue weighted by atomic mass is 19.1. The minimum atomic E-state index is -0.764. The first kappa shape index (κ1) is 25.6. The maximum Gasteiger partial charge on any atom is 0.308 e. The van der Waals surface area contributed by atoms with Crippen LogP contribution >= 0.6 is 0 Å². The minimum Gasteiger partial charge on any atom is -0.497 e. The molecule has 2 N–H and O–H groups in total. The molecule has 37 heavy (non-hydrogen) atoms. The number of hydrogen-bond acceptors (Lipinski definition) is 5. The van der Waals surface area contributed by atoms with Crippen LogP contribution in [0.2, 0.25) is 0 Å². The van der Waals surface area contributed by atoms with E-state index < -0.39 is 18.0 Å². The molecule has 0 amide bonds. The van der Waals surface area contributed by atoms with E-state index in [9.17, 15) is 19.4 Å². The molecule has 1 saturated carbocycles. The van der Waals surface area contributed by atoms with Gasteiger partial charge in [-0.15, -0.1) is 0 Å². The van der Waals surface area contributed by atoms with Crippen molar-refractivity contribution < 1.29 is 24.1 Å². The van der Waals surface area contributed by atoms with Gasteiger partial charge in [-0.25, -0.2) is 4.39 Å². The minimum absolute atomic E-state index is 0.0207. The van der Waals surface area contributed by atoms with Crippen molar-refractivity contribution in [1.82, 2.24) is 9.88 Å². The molecule has 6 nitrogen and oxygen atoms in total. The molecule has 1 aromatic heterocycles. The third kappa shape index (κ3) is 5.34. The third-order valence-electron chi connectivity index (χ3n) is 8.57. The Morgan fingerprint density at radius 1 is 1.22 bits per heavy atom. The van der Waals surface area contributed by atoms with E-state index in [1.807, 2.05) is 37.3 Å². The summed E-state index contributed by atoms with van der Waals surface area (Å²) in [6.07, 6.45) is 4.83. The van der Waals surface area contributed by atoms with Gasteiger partial charge in [-0.1, -0.05) is 6.07 Å². The zero-order valence-electron chi connectivity index (χ0n) is 21.4. The first-order chi connectivity index (χ1) is 17.8. The average molecular weight is 507 g/mol. The number of likely N-dealkylation sites (tertiary alicyclic amines) is 1. The van der Waals surface area contributed by atoms with E-state index >= 15 is 0 Å². The number of benzene rings is 2. The zero-order valence-corrected chi connectivity index (χ0v) is 21.4. The number of halogens is 1. The molecule has 1 aliphatic carbocycles. The molecule has 196 valence electrons. The summed E-state index contributed by atoms with van der Waals surface area (Å²) in [7, 11) is 1.61. The van der Waals surface area contributed by atoms with E-state index in [1.54, 1.807) is 19.4 Å². The molecule has 1 aliphatic heterocycles. The number of carbonyl (C=O) groups is 1. The molecule has 2 aromatic carbocycles. The van der Waals surface area contributed by atoms with Crippen LogP contribution in [0, 0.1) is 24.6 Å². The number of piperidine rings is 1. The molecule has 0 spiro atoms. The van der Waals surface area contributed by atoms with Gasteiger partial charge in [0.05, 0.1) is 24.6 Å². The number of carboxylic acids is 1. The van der Waals surface area contributed by atoms with Crippen LogP contribution in [0.1, 0.15) is 60.8 Å². The fourth-order valence-corrected chi connectivity index (χ4v) is 6.27. The predicted octanol–water partition coefficient (Wildman–Crippen LogP) is 5.47. The zero-order chi connectivity index (χ0) is 26.1. The molecule has 2 aliphatic rings. The van der Waals surface area contributed by atoms with Crippen molar-refractivity contribution in [2.45, 2.75) is 57.1 Å². The maximum atomic E-state index is 13.7. The molecule has 1 saturated heterocycles. The molecule has 2 heterocycles. The van der Waals surface area contributed by atoms with Crippen LogP contribution in [0.5, 0.6) is 5.75 Å². The number of carboxylic acid groups (broad SMARTS) is 1. The number of nitrogens with zero attached hydrogens (tertiary/aromatic N) is 2. The molecule has 0 radical (unpaired) electrons. The second kappa shape index (κ2) is 10.8. The first-order valence-electron chi connectivity index (χ1n) is 13.2. The van der Waals surface area contributed by atoms with Crippen LogP contribution in [0.3, 0.4) is 0 Å². The molecule has 5 rings (SSSR count). The lowest BCUT2D eigenvalue weighted by molar-refractivity contribution is -0.147. The van der Waals surface area contributed by atoms with Crippen molar-refractivity contribution in [2.75, 3.05) is 20.2 Å². The summed E-state index contributed by atoms with van der Waals surface area (Å²) in [6, 6.07) is 12.8. The van der Waals surface area contributed by atoms with Crippen molar-refractivity contribution >= 4 is 16.9 Å². The molecule has 3 atom stereocenters. The Hall–Kier alpha value is -3.03. The number of rotatable bonds is 8. The Morgan fingerprint density at radius 2 is 2.03 bits per heavy atom. The van der Waals surface area contributed by atoms with E-state index in [0.29, 0.717) is 37.1 Å². The van der Waals surface area contributed by atoms with Crippen LogP contribution in [0.4, 0.5) is 4.39 Å². The summed E-state index contributed by atoms with van der Waals surface area (Å²) in [4.78, 5) is 18.9. The van der Waals surface area contributed by atoms with Crippen LogP contribution in [0.25, 0.3) is 10.9 Å². The van der Waals surface area contributed by atoms with Gasteiger partial charge in [0, 0.05) is 24.2 Å². The van der Waals surface area contributed by atoms with Crippen molar-refractivity contribution in [3.8, 4) is 5.75 Å². The van der Waals surface area contributed by atoms with Gasteiger partial charge in [-0.2, -0.15) is 0 Å². The number of aromatic nitrogens is 1. The third-order valence-corrected chi connectivity index (χ3v) is 8.57. The maximum absolute atomic E-state index is 13.7. The van der Waals surface area contributed by atoms with E-state index in [1.165, 1.54) is 6.07 Å². The van der Waals surface area contributed by atoms with Gasteiger partial charge in [0.15, 0.2) is 0 Å². The number of methoxy groups -OCH3 is 1. The lowest BCUT2D eigenvalue weighted by Crippen LogP contribution is -2.52. The summed E-state index contributed by atoms with van der Waals surface area (Å²) >= 11 is 0. The highest BCUT2D eigenvalue weighted by Gasteiger charge is 2.41. The largest absolute Gasteiger partial charge is 0.497 e. The second-order valence-corrected chi connectivity index (χ2v) is 10.7. The average Bonchev–Trinajstić information content (AvgIpc) is 2.87. The fourth-order valence-electron chi connectivity index (χ4n) is 6.27. The van der Waals surface area contributed by atoms with Crippen molar-refractivity contribution in [1.29, 1.82) is 0 Å². The number of aryl methyl sites for hydroxylation is 1. The fraction of sp³-hybridized carbons (Fsp3) is 0.467. The summed E-state index contributed by atoms with van der Waals surface area (Å²) in [5.74, 6) is -0.349. The Bertz CT molecular complexity index is 1280. The normalized spacial score (nSPS) is 25.0. The van der Waals surface area contributed by atoms with E-state index in [-0.39, 0.29) is 11.7 Å². The molecule has 3 aromatic rings. The van der Waals surface area contributed by atoms with Crippen LogP contribution in [0.15, 0.2) is 48.7 Å². The lowest BCUT2D eigenvalue weighted by atomic mass is 9.72. The van der Waals surface area contributed by atoms with Gasteiger partial charge >= 0.3 is 5.97 Å². The van der Waals surface area contributed by atoms with Crippen LogP contribution < -0.4 is 4.74 Å². The number of aliphatic carboxylic acids is 1. The smallest absolute Gasteiger partial charge is 0.308 e. The summed E-state index contributed by atoms with van der Waals surface area (Å²) in [5.41, 5.74) is 3.78. The number of aliphatic hydroxyl groups is 1. The summed E-state index contributed by atoms with van der Waals surface area (Å²) in [5, 5.41) is 21.9. The van der Waals surface area contributed by atoms with Crippen molar-refractivity contribution in [3.05, 3.63) is 71.2 Å². The Kier molecular flexibility index (Phi) is 7.45. The van der Waals surface area contributed by atoms with Crippen LogP contribution in [-0.2, 0) is 4.79 Å². The standard InChI is InChI=1S/C30H35FN2O4/c1-18-3-5-21(31)15-25(18)20-13-22(14-20)33-12-10-19(27(17-33)30(35)36)4-8-29(34)24-9-11-32-28-7-6-23(37-2)16-26(24)28/h3,5-7,9,11,15-16,19-20,22,27,29,34H,4,8,10,12-14,17H2,1-2H3,(H,35,36)/t19-,20?,22?,27+,29+/m1/s1. The highest BCUT2D eigenvalue weighted by Crippen LogP contribution is 2.43. The van der Waals surface area contributed by atoms with Crippen LogP contribution in [-0.4, -0.2) is 52.3 Å². The molecule has 2 fully saturated rings. The first-order valence-corrected chi connectivity index (χ1v) is 13.2. The Balaban J connectivity index is 1.20. The quantitative estimate of drug-likeness (QED) is 0.421. The monoisotopic (exact) mass is 506 g/mol. The predicted molar refractivity (Wildman–Crippen MR) is 140 cm³/mol. The summed E-state index contributed by atoms with van der Waals surface area (Å²) in [6.45, 7) is 3.41. The van der Waals surface area contributed by atoms with E-state index in [2.05, 4.69) is 9.88 Å². The second-order valence-electron chi connectivity index (χ2n) is 10.7. The number of fused-ring (bicyclic) bond motifs is 1. The number of pyridine rings is 1. The summed E-state index contributed by atoms with van der Waals surface area (Å²) < 4.78 is 19.1. The lowest BCUT2D eigenvalue weighted by Gasteiger charge is -2.48. The van der Waals surface area contributed by atoms with Gasteiger partial charge < -0.3 is 14.9 Å². The number of ether oxygens (including phenoxy) is 1.